The van der Waals surface area contributed by atoms with Gasteiger partial charge in [-0.1, -0.05) is 0 Å². The van der Waals surface area contributed by atoms with Crippen molar-refractivity contribution < 1.29 is 49.4 Å². The molecule has 0 saturated carbocycles. The number of rotatable bonds is 0. The Kier molecular flexibility index (Phi) is 6.52. The fourth-order valence-corrected chi connectivity index (χ4v) is 0. The van der Waals surface area contributed by atoms with Crippen LogP contribution in [0.15, 0.2) is 0 Å². The molecule has 0 aliphatic carbocycles. The van der Waals surface area contributed by atoms with Crippen LogP contribution in [-0.2, 0) is 0 Å². The standard InChI is InChI=1S/Br6Si.Eu/c1-7(2,3,4,5)6;/q-2;+2. The molecule has 8 heteroatoms. The Bertz CT molecular complexity index is 67.1. The second-order valence-corrected chi connectivity index (χ2v) is 86.8. The van der Waals surface area contributed by atoms with Crippen LogP contribution in [0, 0.1) is 49.4 Å². The Hall–Kier alpha value is 4.68. The maximum Gasteiger partial charge on any atom is 2.00 e. The van der Waals surface area contributed by atoms with Crippen molar-refractivity contribution in [2.45, 2.75) is 0 Å². The summed E-state index contributed by atoms with van der Waals surface area (Å²) in [5.74, 6) is 0. The van der Waals surface area contributed by atoms with Gasteiger partial charge in [0, 0.05) is 0 Å². The zero-order chi connectivity index (χ0) is 6.41. The van der Waals surface area contributed by atoms with Crippen molar-refractivity contribution in [3.05, 3.63) is 0 Å². The number of hydrogen-bond acceptors (Lipinski definition) is 0. The van der Waals surface area contributed by atoms with Crippen molar-refractivity contribution >= 4 is 90.1 Å². The largest absolute Gasteiger partial charge is 2.00 e. The van der Waals surface area contributed by atoms with Gasteiger partial charge in [-0.05, 0) is 0 Å². The SMILES string of the molecule is Br[Si-2](Br)(Br)(Br)(Br)Br.[Eu+2]. The molecule has 0 heterocycles. The van der Waals surface area contributed by atoms with E-state index in [9.17, 15) is 0 Å². The molecule has 0 spiro atoms. The Labute approximate surface area is 136 Å². The predicted molar refractivity (Wildman–Crippen MR) is 59.3 cm³/mol. The van der Waals surface area contributed by atoms with E-state index < -0.39 is -1.66 Å². The molecule has 0 rings (SSSR count). The Balaban J connectivity index is 0. The monoisotopic (exact) mass is 654 g/mol. The second-order valence-electron chi connectivity index (χ2n) is 1.07. The van der Waals surface area contributed by atoms with E-state index in [1.54, 1.807) is 0 Å². The molecule has 0 N–H and O–H groups in total. The molecular formula is Br6EuSi. The molecule has 1 radical (unpaired) electrons. The van der Waals surface area contributed by atoms with Crippen molar-refractivity contribution in [1.29, 1.82) is 0 Å². The van der Waals surface area contributed by atoms with Crippen LogP contribution in [0.5, 0.6) is 0 Å². The van der Waals surface area contributed by atoms with Gasteiger partial charge in [-0.3, -0.25) is 0 Å². The first kappa shape index (κ1) is 15.2. The van der Waals surface area contributed by atoms with E-state index >= 15 is 0 Å². The number of halogens is 6. The maximum atomic E-state index is 3.32. The summed E-state index contributed by atoms with van der Waals surface area (Å²) in [6.45, 7) is 0. The van der Waals surface area contributed by atoms with Crippen LogP contribution in [0.3, 0.4) is 0 Å². The topological polar surface area (TPSA) is 0 Å². The predicted octanol–water partition coefficient (Wildman–Crippen LogP) is 4.69. The summed E-state index contributed by atoms with van der Waals surface area (Å²) in [6, 6.07) is 0. The summed E-state index contributed by atoms with van der Waals surface area (Å²) in [4.78, 5) is 0. The van der Waals surface area contributed by atoms with Crippen molar-refractivity contribution in [1.82, 2.24) is 0 Å². The van der Waals surface area contributed by atoms with Crippen molar-refractivity contribution in [2.75, 3.05) is 0 Å². The van der Waals surface area contributed by atoms with E-state index in [4.69, 9.17) is 0 Å². The average molecular weight is 659 g/mol. The minimum atomic E-state index is -2.97. The van der Waals surface area contributed by atoms with Crippen LogP contribution in [0.4, 0.5) is 0 Å². The summed E-state index contributed by atoms with van der Waals surface area (Å²) >= 11 is 19.9. The minimum Gasteiger partial charge on any atom is 2.00 e. The van der Waals surface area contributed by atoms with Gasteiger partial charge >= 0.3 is 139 Å². The third-order valence-electron chi connectivity index (χ3n) is 0. The van der Waals surface area contributed by atoms with E-state index in [1.165, 1.54) is 0 Å². The molecule has 8 heavy (non-hydrogen) atoms. The minimum absolute atomic E-state index is 0. The van der Waals surface area contributed by atoms with E-state index in [-0.39, 0.29) is 49.4 Å². The molecule has 0 aromatic heterocycles. The van der Waals surface area contributed by atoms with Crippen LogP contribution in [0.25, 0.3) is 0 Å². The fourth-order valence-electron chi connectivity index (χ4n) is 0. The van der Waals surface area contributed by atoms with Crippen LogP contribution >= 0.6 is 91.8 Å². The molecule has 0 nitrogen and oxygen atoms in total. The normalized spacial score (nSPS) is 20.2. The van der Waals surface area contributed by atoms with Gasteiger partial charge < -0.3 is 0 Å². The molecule has 0 bridgehead atoms. The summed E-state index contributed by atoms with van der Waals surface area (Å²) in [6.07, 6.45) is 0. The van der Waals surface area contributed by atoms with Gasteiger partial charge in [-0.25, -0.2) is 0 Å². The van der Waals surface area contributed by atoms with Crippen molar-refractivity contribution in [3.8, 4) is 0 Å². The maximum absolute atomic E-state index is 3.32. The van der Waals surface area contributed by atoms with Crippen LogP contribution in [-0.4, -0.2) is -1.66 Å². The Morgan fingerprint density at radius 2 is 0.625 bits per heavy atom. The van der Waals surface area contributed by atoms with Crippen LogP contribution in [0.1, 0.15) is 0 Å². The smallest absolute Gasteiger partial charge is 2.00 e. The zero-order valence-corrected chi connectivity index (χ0v) is 16.1. The summed E-state index contributed by atoms with van der Waals surface area (Å²) in [5.41, 5.74) is 0. The molecule has 0 aromatic rings. The third-order valence-corrected chi connectivity index (χ3v) is 0. The quantitative estimate of drug-likeness (QED) is 0.262. The second kappa shape index (κ2) is 3.44. The molecule has 0 atom stereocenters. The molecule has 0 aliphatic rings. The molecular weight excluding hydrogens is 659 g/mol. The molecule has 0 unspecified atom stereocenters. The first-order valence-corrected chi connectivity index (χ1v) is 17.7. The van der Waals surface area contributed by atoms with Gasteiger partial charge in [0.1, 0.15) is 0 Å². The van der Waals surface area contributed by atoms with Crippen LogP contribution in [0.2, 0.25) is 0 Å². The van der Waals surface area contributed by atoms with Gasteiger partial charge in [-0.15, -0.1) is 0 Å². The Morgan fingerprint density at radius 3 is 0.625 bits per heavy atom. The van der Waals surface area contributed by atoms with E-state index in [0.29, 0.717) is 0 Å². The van der Waals surface area contributed by atoms with Gasteiger partial charge in [0.2, 0.25) is 0 Å². The summed E-state index contributed by atoms with van der Waals surface area (Å²) in [5, 5.41) is 0. The van der Waals surface area contributed by atoms with Crippen molar-refractivity contribution in [3.63, 3.8) is 0 Å². The molecule has 0 saturated heterocycles. The molecule has 0 aromatic carbocycles. The van der Waals surface area contributed by atoms with Gasteiger partial charge in [0.05, 0.1) is 0 Å². The van der Waals surface area contributed by atoms with E-state index in [0.717, 1.165) is 0 Å². The zero-order valence-electron chi connectivity index (χ0n) is 3.15. The van der Waals surface area contributed by atoms with E-state index in [2.05, 4.69) is 91.8 Å². The van der Waals surface area contributed by atoms with Gasteiger partial charge in [0.15, 0.2) is 0 Å². The first-order chi connectivity index (χ1) is 2.45. The third kappa shape index (κ3) is 45.7. The molecule has 53 valence electrons. The Morgan fingerprint density at radius 1 is 0.625 bits per heavy atom. The molecule has 0 aliphatic heterocycles. The van der Waals surface area contributed by atoms with Crippen molar-refractivity contribution in [2.24, 2.45) is 0 Å². The molecule has 0 fully saturated rings. The van der Waals surface area contributed by atoms with Crippen LogP contribution < -0.4 is 0 Å². The average Bonchev–Trinajstić information content (AvgIpc) is 0.592. The summed E-state index contributed by atoms with van der Waals surface area (Å²) in [7, 11) is 0. The summed E-state index contributed by atoms with van der Waals surface area (Å²) < 4.78 is -2.97. The number of hydrogen-bond donors (Lipinski definition) is 0. The van der Waals surface area contributed by atoms with Gasteiger partial charge in [0.25, 0.3) is 0 Å². The molecule has 0 amide bonds. The first-order valence-electron chi connectivity index (χ1n) is 1.13. The van der Waals surface area contributed by atoms with E-state index in [1.807, 2.05) is 0 Å². The van der Waals surface area contributed by atoms with Gasteiger partial charge in [-0.2, -0.15) is 0 Å². The fraction of sp³-hybridized carbons (Fsp3) is 0.